The van der Waals surface area contributed by atoms with Gasteiger partial charge in [0.1, 0.15) is 0 Å². The summed E-state index contributed by atoms with van der Waals surface area (Å²) in [5.41, 5.74) is -0.755. The van der Waals surface area contributed by atoms with E-state index in [0.29, 0.717) is 9.79 Å². The van der Waals surface area contributed by atoms with Gasteiger partial charge in [-0.1, -0.05) is 59.9 Å². The summed E-state index contributed by atoms with van der Waals surface area (Å²) in [6.45, 7) is 0. The van der Waals surface area contributed by atoms with Crippen LogP contribution in [-0.4, -0.2) is 0 Å². The van der Waals surface area contributed by atoms with E-state index in [4.69, 9.17) is 0 Å². The third kappa shape index (κ3) is 2.57. The first kappa shape index (κ1) is 13.2. The molecular formula is C16H10O2S2. The van der Waals surface area contributed by atoms with Crippen molar-refractivity contribution in [1.29, 1.82) is 0 Å². The van der Waals surface area contributed by atoms with Gasteiger partial charge < -0.3 is 0 Å². The van der Waals surface area contributed by atoms with Gasteiger partial charge in [0, 0.05) is 9.79 Å². The molecule has 20 heavy (non-hydrogen) atoms. The summed E-state index contributed by atoms with van der Waals surface area (Å²) in [6.07, 6.45) is 0. The Morgan fingerprint density at radius 1 is 0.550 bits per heavy atom. The maximum atomic E-state index is 11.7. The molecule has 0 unspecified atom stereocenters. The van der Waals surface area contributed by atoms with Gasteiger partial charge in [0.25, 0.3) is 0 Å². The summed E-state index contributed by atoms with van der Waals surface area (Å²) < 4.78 is 0. The van der Waals surface area contributed by atoms with Crippen LogP contribution in [0.1, 0.15) is 0 Å². The van der Waals surface area contributed by atoms with Gasteiger partial charge in [-0.05, 0) is 24.3 Å². The molecule has 0 saturated heterocycles. The Kier molecular flexibility index (Phi) is 3.76. The van der Waals surface area contributed by atoms with E-state index >= 15 is 0 Å². The van der Waals surface area contributed by atoms with Gasteiger partial charge in [-0.2, -0.15) is 0 Å². The van der Waals surface area contributed by atoms with Gasteiger partial charge in [-0.25, -0.2) is 0 Å². The average molecular weight is 298 g/mol. The number of benzene rings is 2. The van der Waals surface area contributed by atoms with E-state index in [1.54, 1.807) is 0 Å². The van der Waals surface area contributed by atoms with Crippen molar-refractivity contribution in [2.75, 3.05) is 0 Å². The Hall–Kier alpha value is -1.78. The number of hydrogen-bond donors (Lipinski definition) is 0. The van der Waals surface area contributed by atoms with Crippen molar-refractivity contribution in [3.8, 4) is 0 Å². The van der Waals surface area contributed by atoms with E-state index < -0.39 is 0 Å². The Balaban J connectivity index is 1.88. The number of rotatable bonds is 4. The standard InChI is InChI=1S/C16H10O2S2/c17-13-14(18)16(20-12-9-5-2-6-10-12)15(13)19-11-7-3-1-4-8-11/h1-10H. The predicted molar refractivity (Wildman–Crippen MR) is 82.5 cm³/mol. The molecular weight excluding hydrogens is 288 g/mol. The first-order valence-electron chi connectivity index (χ1n) is 6.05. The largest absolute Gasteiger partial charge is 0.284 e. The minimum Gasteiger partial charge on any atom is -0.284 e. The molecule has 0 aliphatic rings. The molecule has 0 radical (unpaired) electrons. The molecule has 0 aliphatic heterocycles. The highest BCUT2D eigenvalue weighted by Crippen LogP contribution is 2.35. The lowest BCUT2D eigenvalue weighted by Crippen LogP contribution is -2.34. The maximum absolute atomic E-state index is 11.7. The predicted octanol–water partition coefficient (Wildman–Crippen LogP) is 3.59. The van der Waals surface area contributed by atoms with Crippen molar-refractivity contribution in [3.63, 3.8) is 0 Å². The van der Waals surface area contributed by atoms with Crippen LogP contribution in [0, 0.1) is 0 Å². The highest BCUT2D eigenvalue weighted by atomic mass is 32.2. The Labute approximate surface area is 124 Å². The fourth-order valence-electron chi connectivity index (χ4n) is 1.75. The zero-order valence-corrected chi connectivity index (χ0v) is 12.0. The van der Waals surface area contributed by atoms with Gasteiger partial charge in [-0.3, -0.25) is 9.59 Å². The molecule has 0 atom stereocenters. The van der Waals surface area contributed by atoms with Crippen molar-refractivity contribution < 1.29 is 0 Å². The highest BCUT2D eigenvalue weighted by Gasteiger charge is 2.22. The summed E-state index contributed by atoms with van der Waals surface area (Å²) in [4.78, 5) is 26.5. The van der Waals surface area contributed by atoms with Crippen molar-refractivity contribution in [2.24, 2.45) is 0 Å². The zero-order valence-electron chi connectivity index (χ0n) is 10.4. The summed E-state index contributed by atoms with van der Waals surface area (Å²) in [5.74, 6) is 0. The molecule has 0 spiro atoms. The molecule has 0 heterocycles. The first-order chi connectivity index (χ1) is 9.75. The van der Waals surface area contributed by atoms with Crippen LogP contribution in [0.25, 0.3) is 0 Å². The van der Waals surface area contributed by atoms with Gasteiger partial charge >= 0.3 is 0 Å². The van der Waals surface area contributed by atoms with E-state index in [1.165, 1.54) is 23.5 Å². The van der Waals surface area contributed by atoms with Crippen LogP contribution in [-0.2, 0) is 0 Å². The minimum atomic E-state index is -0.378. The van der Waals surface area contributed by atoms with Crippen LogP contribution in [0.4, 0.5) is 0 Å². The van der Waals surface area contributed by atoms with Crippen molar-refractivity contribution in [2.45, 2.75) is 19.6 Å². The topological polar surface area (TPSA) is 34.1 Å². The molecule has 0 amide bonds. The quantitative estimate of drug-likeness (QED) is 0.689. The molecule has 4 heteroatoms. The highest BCUT2D eigenvalue weighted by molar-refractivity contribution is 8.02. The van der Waals surface area contributed by atoms with Crippen LogP contribution in [0.3, 0.4) is 0 Å². The van der Waals surface area contributed by atoms with Crippen LogP contribution >= 0.6 is 23.5 Å². The smallest absolute Gasteiger partial charge is 0.242 e. The van der Waals surface area contributed by atoms with Crippen LogP contribution in [0.2, 0.25) is 0 Å². The Morgan fingerprint density at radius 2 is 0.900 bits per heavy atom. The third-order valence-electron chi connectivity index (χ3n) is 2.75. The van der Waals surface area contributed by atoms with Crippen LogP contribution in [0.5, 0.6) is 0 Å². The number of hydrogen-bond acceptors (Lipinski definition) is 4. The maximum Gasteiger partial charge on any atom is 0.242 e. The van der Waals surface area contributed by atoms with Crippen molar-refractivity contribution in [1.82, 2.24) is 0 Å². The fraction of sp³-hybridized carbons (Fsp3) is 0. The normalized spacial score (nSPS) is 10.8. The van der Waals surface area contributed by atoms with E-state index in [9.17, 15) is 9.59 Å². The van der Waals surface area contributed by atoms with Crippen molar-refractivity contribution in [3.05, 3.63) is 81.1 Å². The third-order valence-corrected chi connectivity index (χ3v) is 5.08. The lowest BCUT2D eigenvalue weighted by Gasteiger charge is -2.09. The second-order valence-corrected chi connectivity index (χ2v) is 6.31. The molecule has 0 bridgehead atoms. The van der Waals surface area contributed by atoms with E-state index in [2.05, 4.69) is 0 Å². The molecule has 0 aromatic heterocycles. The molecule has 0 aliphatic carbocycles. The molecule has 3 aromatic carbocycles. The lowest BCUT2D eigenvalue weighted by molar-refractivity contribution is 1.04. The monoisotopic (exact) mass is 298 g/mol. The summed E-state index contributed by atoms with van der Waals surface area (Å²) in [7, 11) is 0. The second kappa shape index (κ2) is 5.69. The molecule has 3 rings (SSSR count). The molecule has 0 fully saturated rings. The minimum absolute atomic E-state index is 0.378. The molecule has 98 valence electrons. The summed E-state index contributed by atoms with van der Waals surface area (Å²) in [5, 5.41) is 0. The Morgan fingerprint density at radius 3 is 1.25 bits per heavy atom. The van der Waals surface area contributed by atoms with E-state index in [1.807, 2.05) is 60.7 Å². The van der Waals surface area contributed by atoms with Crippen molar-refractivity contribution >= 4 is 23.5 Å². The molecule has 2 nitrogen and oxygen atoms in total. The lowest BCUT2D eigenvalue weighted by atomic mass is 10.3. The van der Waals surface area contributed by atoms with Crippen LogP contribution in [0.15, 0.2) is 89.8 Å². The van der Waals surface area contributed by atoms with Gasteiger partial charge in [0.15, 0.2) is 0 Å². The Bertz CT molecular complexity index is 719. The van der Waals surface area contributed by atoms with Gasteiger partial charge in [-0.15, -0.1) is 0 Å². The molecule has 3 aromatic rings. The average Bonchev–Trinajstić information content (AvgIpc) is 2.52. The molecule has 0 saturated carbocycles. The van der Waals surface area contributed by atoms with Gasteiger partial charge in [0.2, 0.25) is 10.9 Å². The summed E-state index contributed by atoms with van der Waals surface area (Å²) in [6, 6.07) is 19.2. The summed E-state index contributed by atoms with van der Waals surface area (Å²) >= 11 is 2.72. The van der Waals surface area contributed by atoms with E-state index in [-0.39, 0.29) is 10.9 Å². The molecule has 0 N–H and O–H groups in total. The van der Waals surface area contributed by atoms with Gasteiger partial charge in [0.05, 0.1) is 9.79 Å². The van der Waals surface area contributed by atoms with E-state index in [0.717, 1.165) is 9.79 Å². The van der Waals surface area contributed by atoms with Crippen LogP contribution < -0.4 is 10.9 Å². The first-order valence-corrected chi connectivity index (χ1v) is 7.68. The fourth-order valence-corrected chi connectivity index (χ4v) is 3.80. The SMILES string of the molecule is O=c1c(Sc2ccccc2)c(Sc2ccccc2)c1=O. The zero-order chi connectivity index (χ0) is 13.9. The second-order valence-electron chi connectivity index (χ2n) is 4.15.